The minimum Gasteiger partial charge on any atom is -0.448 e. The number of hydrogen-bond acceptors (Lipinski definition) is 6. The number of carbonyl (C=O) groups excluding carboxylic acids is 2. The quantitative estimate of drug-likeness (QED) is 0.745. The summed E-state index contributed by atoms with van der Waals surface area (Å²) in [7, 11) is 5.98. The van der Waals surface area contributed by atoms with Gasteiger partial charge in [-0.2, -0.15) is 0 Å². The van der Waals surface area contributed by atoms with Crippen LogP contribution >= 0.6 is 0 Å². The maximum atomic E-state index is 12.5. The second kappa shape index (κ2) is 7.38. The van der Waals surface area contributed by atoms with E-state index in [1.54, 1.807) is 0 Å². The van der Waals surface area contributed by atoms with Gasteiger partial charge in [-0.3, -0.25) is 9.69 Å². The molecule has 0 N–H and O–H groups in total. The number of ether oxygens (including phenoxy) is 1. The van der Waals surface area contributed by atoms with Gasteiger partial charge >= 0.3 is 6.09 Å². The lowest BCUT2D eigenvalue weighted by Crippen LogP contribution is -2.45. The van der Waals surface area contributed by atoms with Crippen LogP contribution in [-0.2, 0) is 23.1 Å². The maximum absolute atomic E-state index is 12.5. The summed E-state index contributed by atoms with van der Waals surface area (Å²) < 4.78 is 6.92. The summed E-state index contributed by atoms with van der Waals surface area (Å²) in [6, 6.07) is 0. The molecule has 138 valence electrons. The predicted octanol–water partition coefficient (Wildman–Crippen LogP) is 0.0349. The molecule has 0 bridgehead atoms. The highest BCUT2D eigenvalue weighted by molar-refractivity contribution is 5.83. The Kier molecular flexibility index (Phi) is 5.22. The summed E-state index contributed by atoms with van der Waals surface area (Å²) in [6.07, 6.45) is 1.52. The Morgan fingerprint density at radius 1 is 1.32 bits per heavy atom. The highest BCUT2D eigenvalue weighted by Gasteiger charge is 2.31. The van der Waals surface area contributed by atoms with Crippen molar-refractivity contribution in [3.63, 3.8) is 0 Å². The van der Waals surface area contributed by atoms with E-state index in [-0.39, 0.29) is 18.4 Å². The van der Waals surface area contributed by atoms with Crippen LogP contribution in [0.3, 0.4) is 0 Å². The first-order valence-electron chi connectivity index (χ1n) is 8.68. The SMILES string of the molecule is CN(C)Cc1nnc([C@@H]2CCCN(C(=O)CN3CCOC3=O)C2)n1C. The highest BCUT2D eigenvalue weighted by atomic mass is 16.6. The fraction of sp³-hybridized carbons (Fsp3) is 0.750. The Balaban J connectivity index is 1.64. The lowest BCUT2D eigenvalue weighted by Gasteiger charge is -2.33. The summed E-state index contributed by atoms with van der Waals surface area (Å²) in [4.78, 5) is 29.4. The molecule has 2 fully saturated rings. The molecule has 2 aliphatic heterocycles. The van der Waals surface area contributed by atoms with E-state index in [2.05, 4.69) is 15.1 Å². The van der Waals surface area contributed by atoms with Gasteiger partial charge in [0, 0.05) is 26.1 Å². The molecule has 3 rings (SSSR count). The van der Waals surface area contributed by atoms with E-state index in [0.717, 1.165) is 37.6 Å². The molecule has 3 heterocycles. The third-order valence-electron chi connectivity index (χ3n) is 4.77. The zero-order valence-corrected chi connectivity index (χ0v) is 15.1. The number of carbonyl (C=O) groups is 2. The van der Waals surface area contributed by atoms with Gasteiger partial charge in [-0.15, -0.1) is 10.2 Å². The van der Waals surface area contributed by atoms with Crippen LogP contribution < -0.4 is 0 Å². The van der Waals surface area contributed by atoms with Crippen molar-refractivity contribution in [2.75, 3.05) is 46.9 Å². The molecule has 9 heteroatoms. The summed E-state index contributed by atoms with van der Waals surface area (Å²) in [5.41, 5.74) is 0. The van der Waals surface area contributed by atoms with E-state index in [1.165, 1.54) is 4.90 Å². The van der Waals surface area contributed by atoms with E-state index in [4.69, 9.17) is 4.74 Å². The Hall–Kier alpha value is -2.16. The lowest BCUT2D eigenvalue weighted by molar-refractivity contribution is -0.133. The number of cyclic esters (lactones) is 1. The Labute approximate surface area is 147 Å². The molecule has 0 spiro atoms. The predicted molar refractivity (Wildman–Crippen MR) is 89.9 cm³/mol. The smallest absolute Gasteiger partial charge is 0.410 e. The number of aromatic nitrogens is 3. The third-order valence-corrected chi connectivity index (χ3v) is 4.77. The van der Waals surface area contributed by atoms with Crippen molar-refractivity contribution < 1.29 is 14.3 Å². The molecule has 2 aliphatic rings. The Morgan fingerprint density at radius 2 is 2.12 bits per heavy atom. The first kappa shape index (κ1) is 17.7. The molecule has 2 saturated heterocycles. The molecule has 1 atom stereocenters. The molecular weight excluding hydrogens is 324 g/mol. The van der Waals surface area contributed by atoms with Gasteiger partial charge in [-0.25, -0.2) is 4.79 Å². The molecule has 0 aromatic carbocycles. The van der Waals surface area contributed by atoms with Crippen LogP contribution in [-0.4, -0.2) is 88.3 Å². The van der Waals surface area contributed by atoms with Gasteiger partial charge in [-0.1, -0.05) is 0 Å². The van der Waals surface area contributed by atoms with Gasteiger partial charge in [0.05, 0.1) is 13.1 Å². The van der Waals surface area contributed by atoms with E-state index in [1.807, 2.05) is 30.6 Å². The van der Waals surface area contributed by atoms with E-state index in [0.29, 0.717) is 19.7 Å². The van der Waals surface area contributed by atoms with Crippen LogP contribution in [0.15, 0.2) is 0 Å². The number of likely N-dealkylation sites (tertiary alicyclic amines) is 1. The molecular formula is C16H26N6O3. The fourth-order valence-corrected chi connectivity index (χ4v) is 3.40. The maximum Gasteiger partial charge on any atom is 0.410 e. The highest BCUT2D eigenvalue weighted by Crippen LogP contribution is 2.26. The van der Waals surface area contributed by atoms with Crippen molar-refractivity contribution in [3.05, 3.63) is 11.6 Å². The molecule has 2 amide bonds. The van der Waals surface area contributed by atoms with Crippen molar-refractivity contribution in [1.29, 1.82) is 0 Å². The van der Waals surface area contributed by atoms with E-state index < -0.39 is 6.09 Å². The molecule has 1 aromatic rings. The van der Waals surface area contributed by atoms with E-state index >= 15 is 0 Å². The Bertz CT molecular complexity index is 644. The first-order valence-corrected chi connectivity index (χ1v) is 8.68. The molecule has 0 unspecified atom stereocenters. The summed E-state index contributed by atoms with van der Waals surface area (Å²) in [5, 5.41) is 8.66. The van der Waals surface area contributed by atoms with Crippen LogP contribution in [0.25, 0.3) is 0 Å². The number of rotatable bonds is 5. The van der Waals surface area contributed by atoms with Crippen LogP contribution in [0.2, 0.25) is 0 Å². The molecule has 1 aromatic heterocycles. The van der Waals surface area contributed by atoms with Crippen molar-refractivity contribution in [1.82, 2.24) is 29.5 Å². The van der Waals surface area contributed by atoms with Gasteiger partial charge in [0.15, 0.2) is 0 Å². The van der Waals surface area contributed by atoms with Crippen molar-refractivity contribution in [2.45, 2.75) is 25.3 Å². The standard InChI is InChI=1S/C16H26N6O3/c1-19(2)10-13-17-18-15(20(13)3)12-5-4-6-21(9-12)14(23)11-22-7-8-25-16(22)24/h12H,4-11H2,1-3H3/t12-/m1/s1. The van der Waals surface area contributed by atoms with Gasteiger partial charge in [0.1, 0.15) is 24.8 Å². The molecule has 0 saturated carbocycles. The summed E-state index contributed by atoms with van der Waals surface area (Å²) in [6.45, 7) is 3.02. The monoisotopic (exact) mass is 350 g/mol. The average Bonchev–Trinajstić information content (AvgIpc) is 3.14. The fourth-order valence-electron chi connectivity index (χ4n) is 3.40. The van der Waals surface area contributed by atoms with Gasteiger partial charge in [-0.05, 0) is 26.9 Å². The minimum atomic E-state index is -0.400. The Morgan fingerprint density at radius 3 is 2.80 bits per heavy atom. The van der Waals surface area contributed by atoms with Crippen molar-refractivity contribution >= 4 is 12.0 Å². The van der Waals surface area contributed by atoms with Crippen molar-refractivity contribution in [3.8, 4) is 0 Å². The second-order valence-electron chi connectivity index (χ2n) is 6.99. The largest absolute Gasteiger partial charge is 0.448 e. The van der Waals surface area contributed by atoms with Crippen LogP contribution in [0.1, 0.15) is 30.4 Å². The number of piperidine rings is 1. The number of nitrogens with zero attached hydrogens (tertiary/aromatic N) is 6. The van der Waals surface area contributed by atoms with Crippen LogP contribution in [0, 0.1) is 0 Å². The van der Waals surface area contributed by atoms with Gasteiger partial charge in [0.25, 0.3) is 0 Å². The van der Waals surface area contributed by atoms with Crippen LogP contribution in [0.5, 0.6) is 0 Å². The number of amides is 2. The summed E-state index contributed by atoms with van der Waals surface area (Å²) in [5.74, 6) is 1.99. The van der Waals surface area contributed by atoms with Gasteiger partial charge < -0.3 is 19.1 Å². The average molecular weight is 350 g/mol. The topological polar surface area (TPSA) is 83.8 Å². The lowest BCUT2D eigenvalue weighted by atomic mass is 9.97. The molecule has 25 heavy (non-hydrogen) atoms. The number of hydrogen-bond donors (Lipinski definition) is 0. The van der Waals surface area contributed by atoms with Gasteiger partial charge in [0.2, 0.25) is 5.91 Å². The van der Waals surface area contributed by atoms with Crippen molar-refractivity contribution in [2.24, 2.45) is 7.05 Å². The third kappa shape index (κ3) is 3.92. The van der Waals surface area contributed by atoms with E-state index in [9.17, 15) is 9.59 Å². The zero-order valence-electron chi connectivity index (χ0n) is 15.1. The molecule has 0 radical (unpaired) electrons. The summed E-state index contributed by atoms with van der Waals surface area (Å²) >= 11 is 0. The minimum absolute atomic E-state index is 0.0285. The molecule has 9 nitrogen and oxygen atoms in total. The normalized spacial score (nSPS) is 21.1. The van der Waals surface area contributed by atoms with Crippen LogP contribution in [0.4, 0.5) is 4.79 Å². The second-order valence-corrected chi connectivity index (χ2v) is 6.99. The zero-order chi connectivity index (χ0) is 18.0. The molecule has 0 aliphatic carbocycles. The first-order chi connectivity index (χ1) is 12.0.